The van der Waals surface area contributed by atoms with Crippen LogP contribution in [0.1, 0.15) is 22.1 Å². The minimum Gasteiger partial charge on any atom is -0.497 e. The van der Waals surface area contributed by atoms with Crippen molar-refractivity contribution in [3.05, 3.63) is 35.5 Å². The van der Waals surface area contributed by atoms with E-state index in [0.29, 0.717) is 28.7 Å². The van der Waals surface area contributed by atoms with Crippen molar-refractivity contribution >= 4 is 11.6 Å². The molecule has 0 bridgehead atoms. The highest BCUT2D eigenvalue weighted by atomic mass is 16.5. The van der Waals surface area contributed by atoms with Crippen LogP contribution in [0.15, 0.2) is 22.7 Å². The van der Waals surface area contributed by atoms with Gasteiger partial charge in [0.1, 0.15) is 5.75 Å². The van der Waals surface area contributed by atoms with Crippen molar-refractivity contribution in [2.75, 3.05) is 12.8 Å². The normalized spacial score (nSPS) is 10.2. The molecule has 19 heavy (non-hydrogen) atoms. The lowest BCUT2D eigenvalue weighted by atomic mass is 10.1. The first-order valence-electron chi connectivity index (χ1n) is 5.61. The zero-order chi connectivity index (χ0) is 13.8. The summed E-state index contributed by atoms with van der Waals surface area (Å²) in [7, 11) is 1.52. The predicted molar refractivity (Wildman–Crippen MR) is 67.6 cm³/mol. The number of ether oxygens (including phenoxy) is 1. The van der Waals surface area contributed by atoms with Crippen molar-refractivity contribution in [3.63, 3.8) is 0 Å². The lowest BCUT2D eigenvalue weighted by molar-refractivity contribution is 0.0950. The zero-order valence-electron chi connectivity index (χ0n) is 10.6. The summed E-state index contributed by atoms with van der Waals surface area (Å²) in [5.41, 5.74) is 6.48. The Morgan fingerprint density at radius 2 is 2.32 bits per heavy atom. The molecular formula is C12H14N4O3. The van der Waals surface area contributed by atoms with Crippen LogP contribution in [0, 0.1) is 6.92 Å². The fourth-order valence-electron chi connectivity index (χ4n) is 1.53. The second kappa shape index (κ2) is 5.38. The summed E-state index contributed by atoms with van der Waals surface area (Å²) in [4.78, 5) is 16.0. The van der Waals surface area contributed by atoms with Crippen molar-refractivity contribution in [2.45, 2.75) is 13.5 Å². The molecule has 0 saturated heterocycles. The van der Waals surface area contributed by atoms with Gasteiger partial charge in [-0.2, -0.15) is 4.98 Å². The van der Waals surface area contributed by atoms with E-state index in [1.54, 1.807) is 25.1 Å². The molecule has 2 aromatic rings. The van der Waals surface area contributed by atoms with E-state index in [1.165, 1.54) is 7.11 Å². The summed E-state index contributed by atoms with van der Waals surface area (Å²) >= 11 is 0. The van der Waals surface area contributed by atoms with Crippen LogP contribution in [0.4, 0.5) is 5.69 Å². The maximum atomic E-state index is 12.0. The van der Waals surface area contributed by atoms with Gasteiger partial charge < -0.3 is 20.3 Å². The number of nitrogens with two attached hydrogens (primary N) is 1. The van der Waals surface area contributed by atoms with Crippen molar-refractivity contribution < 1.29 is 14.1 Å². The standard InChI is InChI=1S/C12H14N4O3/c1-7-15-11(16-19-7)6-14-12(17)9-5-8(18-2)3-4-10(9)13/h3-5H,6,13H2,1-2H3,(H,14,17). The van der Waals surface area contributed by atoms with E-state index in [1.807, 2.05) is 0 Å². The third-order valence-electron chi connectivity index (χ3n) is 2.48. The number of hydrogen-bond acceptors (Lipinski definition) is 6. The van der Waals surface area contributed by atoms with Gasteiger partial charge in [-0.15, -0.1) is 0 Å². The van der Waals surface area contributed by atoms with Crippen LogP contribution < -0.4 is 15.8 Å². The second-order valence-electron chi connectivity index (χ2n) is 3.87. The molecule has 0 saturated carbocycles. The van der Waals surface area contributed by atoms with E-state index in [9.17, 15) is 4.79 Å². The van der Waals surface area contributed by atoms with Crippen molar-refractivity contribution in [1.82, 2.24) is 15.5 Å². The first kappa shape index (κ1) is 12.9. The molecule has 1 heterocycles. The Labute approximate surface area is 109 Å². The Hall–Kier alpha value is -2.57. The molecule has 0 unspecified atom stereocenters. The third-order valence-corrected chi connectivity index (χ3v) is 2.48. The summed E-state index contributed by atoms with van der Waals surface area (Å²) < 4.78 is 9.86. The quantitative estimate of drug-likeness (QED) is 0.793. The summed E-state index contributed by atoms with van der Waals surface area (Å²) in [5.74, 6) is 1.10. The van der Waals surface area contributed by atoms with Crippen molar-refractivity contribution in [3.8, 4) is 5.75 Å². The molecule has 3 N–H and O–H groups in total. The second-order valence-corrected chi connectivity index (χ2v) is 3.87. The highest BCUT2D eigenvalue weighted by Crippen LogP contribution is 2.19. The minimum atomic E-state index is -0.321. The molecule has 1 amide bonds. The Bertz CT molecular complexity index is 594. The van der Waals surface area contributed by atoms with E-state index < -0.39 is 0 Å². The number of nitrogens with zero attached hydrogens (tertiary/aromatic N) is 2. The van der Waals surface area contributed by atoms with E-state index in [2.05, 4.69) is 15.5 Å². The topological polar surface area (TPSA) is 103 Å². The lowest BCUT2D eigenvalue weighted by Gasteiger charge is -2.07. The zero-order valence-corrected chi connectivity index (χ0v) is 10.6. The Kier molecular flexibility index (Phi) is 3.65. The number of benzene rings is 1. The number of nitrogen functional groups attached to an aromatic ring is 1. The molecule has 0 radical (unpaired) electrons. The maximum Gasteiger partial charge on any atom is 0.253 e. The van der Waals surface area contributed by atoms with E-state index in [0.717, 1.165) is 0 Å². The molecule has 7 heteroatoms. The SMILES string of the molecule is COc1ccc(N)c(C(=O)NCc2noc(C)n2)c1. The van der Waals surface area contributed by atoms with E-state index in [-0.39, 0.29) is 12.5 Å². The first-order valence-corrected chi connectivity index (χ1v) is 5.61. The third kappa shape index (κ3) is 3.01. The fraction of sp³-hybridized carbons (Fsp3) is 0.250. The van der Waals surface area contributed by atoms with Crippen molar-refractivity contribution in [2.24, 2.45) is 0 Å². The van der Waals surface area contributed by atoms with Crippen LogP contribution in [0.5, 0.6) is 5.75 Å². The number of aromatic nitrogens is 2. The summed E-state index contributed by atoms with van der Waals surface area (Å²) in [6.07, 6.45) is 0. The molecule has 1 aromatic heterocycles. The molecule has 0 aliphatic carbocycles. The average molecular weight is 262 g/mol. The highest BCUT2D eigenvalue weighted by Gasteiger charge is 2.12. The molecule has 0 fully saturated rings. The smallest absolute Gasteiger partial charge is 0.253 e. The molecule has 7 nitrogen and oxygen atoms in total. The van der Waals surface area contributed by atoms with E-state index in [4.69, 9.17) is 15.0 Å². The maximum absolute atomic E-state index is 12.0. The van der Waals surface area contributed by atoms with Gasteiger partial charge in [0.2, 0.25) is 5.89 Å². The van der Waals surface area contributed by atoms with Gasteiger partial charge >= 0.3 is 0 Å². The first-order chi connectivity index (χ1) is 9.10. The van der Waals surface area contributed by atoms with Crippen LogP contribution in [0.2, 0.25) is 0 Å². The molecule has 0 aliphatic rings. The molecule has 0 aliphatic heterocycles. The van der Waals surface area contributed by atoms with Gasteiger partial charge in [0, 0.05) is 12.6 Å². The number of amides is 1. The molecule has 0 atom stereocenters. The van der Waals surface area contributed by atoms with Gasteiger partial charge in [-0.1, -0.05) is 5.16 Å². The number of aryl methyl sites for hydroxylation is 1. The Morgan fingerprint density at radius 1 is 1.53 bits per heavy atom. The number of anilines is 1. The highest BCUT2D eigenvalue weighted by molar-refractivity contribution is 5.99. The number of methoxy groups -OCH3 is 1. The molecule has 2 rings (SSSR count). The van der Waals surface area contributed by atoms with Crippen LogP contribution in [0.3, 0.4) is 0 Å². The van der Waals surface area contributed by atoms with Gasteiger partial charge in [0.15, 0.2) is 5.82 Å². The average Bonchev–Trinajstić information content (AvgIpc) is 2.82. The van der Waals surface area contributed by atoms with Gasteiger partial charge in [0.25, 0.3) is 5.91 Å². The lowest BCUT2D eigenvalue weighted by Crippen LogP contribution is -2.24. The summed E-state index contributed by atoms with van der Waals surface area (Å²) in [6, 6.07) is 4.88. The molecule has 1 aromatic carbocycles. The Morgan fingerprint density at radius 3 is 2.95 bits per heavy atom. The van der Waals surface area contributed by atoms with Gasteiger partial charge in [-0.3, -0.25) is 4.79 Å². The van der Waals surface area contributed by atoms with Crippen molar-refractivity contribution in [1.29, 1.82) is 0 Å². The number of rotatable bonds is 4. The van der Waals surface area contributed by atoms with Gasteiger partial charge in [0.05, 0.1) is 19.2 Å². The number of carbonyl (C=O) groups excluding carboxylic acids is 1. The summed E-state index contributed by atoms with van der Waals surface area (Å²) in [6.45, 7) is 1.85. The minimum absolute atomic E-state index is 0.173. The van der Waals surface area contributed by atoms with Gasteiger partial charge in [-0.05, 0) is 18.2 Å². The Balaban J connectivity index is 2.07. The number of carbonyl (C=O) groups is 1. The van der Waals surface area contributed by atoms with E-state index >= 15 is 0 Å². The van der Waals surface area contributed by atoms with Gasteiger partial charge in [-0.25, -0.2) is 0 Å². The molecule has 100 valence electrons. The van der Waals surface area contributed by atoms with Crippen LogP contribution >= 0.6 is 0 Å². The summed E-state index contributed by atoms with van der Waals surface area (Å²) in [5, 5.41) is 6.34. The van der Waals surface area contributed by atoms with Crippen LogP contribution in [0.25, 0.3) is 0 Å². The van der Waals surface area contributed by atoms with Crippen LogP contribution in [-0.2, 0) is 6.54 Å². The largest absolute Gasteiger partial charge is 0.497 e. The predicted octanol–water partition coefficient (Wildman–Crippen LogP) is 0.899. The monoisotopic (exact) mass is 262 g/mol. The van der Waals surface area contributed by atoms with Crippen LogP contribution in [-0.4, -0.2) is 23.2 Å². The number of hydrogen-bond donors (Lipinski definition) is 2. The molecular weight excluding hydrogens is 248 g/mol. The number of nitrogens with one attached hydrogen (secondary N) is 1. The molecule has 0 spiro atoms. The fourth-order valence-corrected chi connectivity index (χ4v) is 1.53.